The molecule has 2 aromatic carbocycles. The van der Waals surface area contributed by atoms with Gasteiger partial charge in [-0.05, 0) is 30.3 Å². The van der Waals surface area contributed by atoms with Gasteiger partial charge >= 0.3 is 0 Å². The van der Waals surface area contributed by atoms with Crippen molar-refractivity contribution in [1.29, 1.82) is 0 Å². The lowest BCUT2D eigenvalue weighted by Gasteiger charge is -2.07. The summed E-state index contributed by atoms with van der Waals surface area (Å²) in [5.74, 6) is 0.135. The number of rotatable bonds is 1. The zero-order chi connectivity index (χ0) is 13.6. The van der Waals surface area contributed by atoms with Crippen molar-refractivity contribution in [2.24, 2.45) is 0 Å². The van der Waals surface area contributed by atoms with Gasteiger partial charge in [0.15, 0.2) is 11.3 Å². The molecule has 5 heteroatoms. The first-order valence-electron chi connectivity index (χ1n) is 5.57. The molecule has 0 amide bonds. The second kappa shape index (κ2) is 3.91. The molecule has 0 saturated carbocycles. The van der Waals surface area contributed by atoms with Crippen LogP contribution in [-0.2, 0) is 0 Å². The fourth-order valence-electron chi connectivity index (χ4n) is 2.06. The Balaban J connectivity index is 2.61. The maximum atomic E-state index is 12.3. The van der Waals surface area contributed by atoms with Gasteiger partial charge in [0.2, 0.25) is 5.43 Å². The summed E-state index contributed by atoms with van der Waals surface area (Å²) >= 11 is 0. The van der Waals surface area contributed by atoms with E-state index in [4.69, 9.17) is 9.15 Å². The fraction of sp³-hybridized carbons (Fsp3) is 0.0714. The first-order valence-corrected chi connectivity index (χ1v) is 5.57. The molecule has 0 unspecified atom stereocenters. The number of methoxy groups -OCH3 is 1. The minimum atomic E-state index is -0.413. The van der Waals surface area contributed by atoms with Crippen molar-refractivity contribution >= 4 is 21.9 Å². The SMILES string of the molecule is COc1ccc(O)c2c(=O)c3cc(O)ccc3oc12. The van der Waals surface area contributed by atoms with Crippen LogP contribution in [0, 0.1) is 0 Å². The number of benzene rings is 2. The number of hydrogen-bond acceptors (Lipinski definition) is 5. The zero-order valence-corrected chi connectivity index (χ0v) is 10.0. The van der Waals surface area contributed by atoms with Crippen LogP contribution in [0.15, 0.2) is 39.5 Å². The van der Waals surface area contributed by atoms with Gasteiger partial charge in [-0.2, -0.15) is 0 Å². The molecule has 0 radical (unpaired) electrons. The van der Waals surface area contributed by atoms with Crippen LogP contribution >= 0.6 is 0 Å². The molecule has 19 heavy (non-hydrogen) atoms. The Labute approximate surface area is 107 Å². The summed E-state index contributed by atoms with van der Waals surface area (Å²) in [6, 6.07) is 7.11. The monoisotopic (exact) mass is 258 g/mol. The van der Waals surface area contributed by atoms with E-state index in [0.717, 1.165) is 0 Å². The Morgan fingerprint density at radius 3 is 2.68 bits per heavy atom. The Hall–Kier alpha value is -2.69. The topological polar surface area (TPSA) is 79.9 Å². The molecule has 2 N–H and O–H groups in total. The number of phenolic OH excluding ortho intramolecular Hbond substituents is 2. The predicted molar refractivity (Wildman–Crippen MR) is 69.9 cm³/mol. The molecule has 0 bridgehead atoms. The minimum absolute atomic E-state index is 0.0393. The molecule has 0 aliphatic rings. The van der Waals surface area contributed by atoms with Crippen molar-refractivity contribution in [3.05, 3.63) is 40.6 Å². The van der Waals surface area contributed by atoms with Crippen LogP contribution in [0.3, 0.4) is 0 Å². The summed E-state index contributed by atoms with van der Waals surface area (Å²) in [6.07, 6.45) is 0. The maximum absolute atomic E-state index is 12.3. The molecule has 1 heterocycles. The molecule has 0 aliphatic carbocycles. The van der Waals surface area contributed by atoms with Crippen LogP contribution in [0.25, 0.3) is 21.9 Å². The van der Waals surface area contributed by atoms with Gasteiger partial charge in [0.25, 0.3) is 0 Å². The summed E-state index contributed by atoms with van der Waals surface area (Å²) < 4.78 is 10.7. The molecule has 0 aliphatic heterocycles. The molecule has 0 spiro atoms. The summed E-state index contributed by atoms with van der Waals surface area (Å²) in [4.78, 5) is 12.3. The summed E-state index contributed by atoms with van der Waals surface area (Å²) in [7, 11) is 1.45. The highest BCUT2D eigenvalue weighted by Gasteiger charge is 2.15. The van der Waals surface area contributed by atoms with Crippen LogP contribution < -0.4 is 10.2 Å². The molecule has 0 atom stereocenters. The molecule has 0 saturated heterocycles. The van der Waals surface area contributed by atoms with Crippen molar-refractivity contribution in [1.82, 2.24) is 0 Å². The standard InChI is InChI=1S/C14H10O5/c1-18-11-5-3-9(16)12-13(17)8-6-7(15)2-4-10(8)19-14(11)12/h2-6,15-16H,1H3. The van der Waals surface area contributed by atoms with E-state index in [1.54, 1.807) is 0 Å². The second-order valence-electron chi connectivity index (χ2n) is 4.10. The normalized spacial score (nSPS) is 11.0. The number of phenols is 2. The predicted octanol–water partition coefficient (Wildman–Crippen LogP) is 2.37. The van der Waals surface area contributed by atoms with Crippen molar-refractivity contribution in [3.63, 3.8) is 0 Å². The summed E-state index contributed by atoms with van der Waals surface area (Å²) in [5.41, 5.74) is 0.0911. The number of ether oxygens (including phenoxy) is 1. The van der Waals surface area contributed by atoms with Gasteiger partial charge in [-0.3, -0.25) is 4.79 Å². The Bertz CT molecular complexity index is 848. The lowest BCUT2D eigenvalue weighted by molar-refractivity contribution is 0.409. The van der Waals surface area contributed by atoms with Gasteiger partial charge in [-0.25, -0.2) is 0 Å². The molecule has 3 rings (SSSR count). The number of hydrogen-bond donors (Lipinski definition) is 2. The highest BCUT2D eigenvalue weighted by molar-refractivity contribution is 5.96. The average molecular weight is 258 g/mol. The van der Waals surface area contributed by atoms with Crippen LogP contribution in [0.4, 0.5) is 0 Å². The summed E-state index contributed by atoms with van der Waals surface area (Å²) in [6.45, 7) is 0. The van der Waals surface area contributed by atoms with E-state index in [9.17, 15) is 15.0 Å². The van der Waals surface area contributed by atoms with E-state index >= 15 is 0 Å². The van der Waals surface area contributed by atoms with Crippen LogP contribution in [0.1, 0.15) is 0 Å². The third kappa shape index (κ3) is 1.59. The van der Waals surface area contributed by atoms with Gasteiger partial charge in [0, 0.05) is 0 Å². The van der Waals surface area contributed by atoms with E-state index in [-0.39, 0.29) is 27.9 Å². The number of aromatic hydroxyl groups is 2. The first kappa shape index (κ1) is 11.4. The van der Waals surface area contributed by atoms with E-state index < -0.39 is 5.43 Å². The Morgan fingerprint density at radius 2 is 1.95 bits per heavy atom. The van der Waals surface area contributed by atoms with Gasteiger partial charge in [-0.1, -0.05) is 0 Å². The maximum Gasteiger partial charge on any atom is 0.204 e. The third-order valence-electron chi connectivity index (χ3n) is 2.97. The summed E-state index contributed by atoms with van der Waals surface area (Å²) in [5, 5.41) is 19.5. The third-order valence-corrected chi connectivity index (χ3v) is 2.97. The van der Waals surface area contributed by atoms with Crippen LogP contribution in [0.5, 0.6) is 17.2 Å². The molecular weight excluding hydrogens is 248 g/mol. The molecule has 0 fully saturated rings. The highest BCUT2D eigenvalue weighted by Crippen LogP contribution is 2.33. The van der Waals surface area contributed by atoms with Gasteiger partial charge in [0.05, 0.1) is 12.5 Å². The van der Waals surface area contributed by atoms with E-state index in [0.29, 0.717) is 11.3 Å². The average Bonchev–Trinajstić information content (AvgIpc) is 2.40. The van der Waals surface area contributed by atoms with Gasteiger partial charge in [-0.15, -0.1) is 0 Å². The quantitative estimate of drug-likeness (QED) is 0.655. The number of fused-ring (bicyclic) bond motifs is 2. The van der Waals surface area contributed by atoms with Crippen LogP contribution in [0.2, 0.25) is 0 Å². The van der Waals surface area contributed by atoms with E-state index in [1.165, 1.54) is 37.4 Å². The Kier molecular flexibility index (Phi) is 2.35. The smallest absolute Gasteiger partial charge is 0.204 e. The fourth-order valence-corrected chi connectivity index (χ4v) is 2.06. The largest absolute Gasteiger partial charge is 0.508 e. The van der Waals surface area contributed by atoms with Crippen molar-refractivity contribution < 1.29 is 19.4 Å². The highest BCUT2D eigenvalue weighted by atomic mass is 16.5. The molecular formula is C14H10O5. The van der Waals surface area contributed by atoms with Gasteiger partial charge in [0.1, 0.15) is 22.5 Å². The molecule has 1 aromatic heterocycles. The van der Waals surface area contributed by atoms with E-state index in [2.05, 4.69) is 0 Å². The minimum Gasteiger partial charge on any atom is -0.508 e. The second-order valence-corrected chi connectivity index (χ2v) is 4.10. The lowest BCUT2D eigenvalue weighted by atomic mass is 10.1. The first-order chi connectivity index (χ1) is 9.11. The van der Waals surface area contributed by atoms with Crippen molar-refractivity contribution in [3.8, 4) is 17.2 Å². The lowest BCUT2D eigenvalue weighted by Crippen LogP contribution is -2.03. The van der Waals surface area contributed by atoms with Gasteiger partial charge < -0.3 is 19.4 Å². The zero-order valence-electron chi connectivity index (χ0n) is 10.0. The van der Waals surface area contributed by atoms with E-state index in [1.807, 2.05) is 0 Å². The Morgan fingerprint density at radius 1 is 1.16 bits per heavy atom. The van der Waals surface area contributed by atoms with Crippen LogP contribution in [-0.4, -0.2) is 17.3 Å². The molecule has 3 aromatic rings. The molecule has 5 nitrogen and oxygen atoms in total. The van der Waals surface area contributed by atoms with Crippen molar-refractivity contribution in [2.75, 3.05) is 7.11 Å². The molecule has 96 valence electrons. The van der Waals surface area contributed by atoms with Crippen molar-refractivity contribution in [2.45, 2.75) is 0 Å².